The Balaban J connectivity index is 1.49. The van der Waals surface area contributed by atoms with Gasteiger partial charge in [-0.15, -0.1) is 0 Å². The summed E-state index contributed by atoms with van der Waals surface area (Å²) < 4.78 is 5.99. The molecule has 1 aliphatic heterocycles. The molecule has 5 heteroatoms. The summed E-state index contributed by atoms with van der Waals surface area (Å²) in [5.41, 5.74) is 1.05. The molecule has 1 fully saturated rings. The van der Waals surface area contributed by atoms with Crippen molar-refractivity contribution in [3.63, 3.8) is 0 Å². The van der Waals surface area contributed by atoms with Crippen molar-refractivity contribution >= 4 is 28.3 Å². The third-order valence-electron chi connectivity index (χ3n) is 5.73. The van der Waals surface area contributed by atoms with Crippen LogP contribution in [0.25, 0.3) is 10.8 Å². The number of nitrogens with zero attached hydrogens (tertiary/aromatic N) is 1. The van der Waals surface area contributed by atoms with Gasteiger partial charge < -0.3 is 15.0 Å². The van der Waals surface area contributed by atoms with Gasteiger partial charge in [0.05, 0.1) is 11.3 Å². The summed E-state index contributed by atoms with van der Waals surface area (Å²) in [4.78, 5) is 27.9. The van der Waals surface area contributed by atoms with Gasteiger partial charge in [-0.2, -0.15) is 0 Å². The van der Waals surface area contributed by atoms with E-state index in [4.69, 9.17) is 4.74 Å². The minimum absolute atomic E-state index is 0.0274. The molecular formula is C26H28N2O3. The van der Waals surface area contributed by atoms with Crippen molar-refractivity contribution in [2.24, 2.45) is 0 Å². The second-order valence-electron chi connectivity index (χ2n) is 7.98. The van der Waals surface area contributed by atoms with Gasteiger partial charge in [-0.1, -0.05) is 61.4 Å². The number of fused-ring (bicyclic) bond motifs is 1. The van der Waals surface area contributed by atoms with Gasteiger partial charge in [0, 0.05) is 18.5 Å². The fourth-order valence-electron chi connectivity index (χ4n) is 4.00. The monoisotopic (exact) mass is 416 g/mol. The third kappa shape index (κ3) is 4.88. The molecule has 4 rings (SSSR count). The Morgan fingerprint density at radius 1 is 0.871 bits per heavy atom. The zero-order valence-electron chi connectivity index (χ0n) is 17.8. The maximum absolute atomic E-state index is 13.1. The summed E-state index contributed by atoms with van der Waals surface area (Å²) >= 11 is 0. The van der Waals surface area contributed by atoms with E-state index in [1.807, 2.05) is 59.5 Å². The molecule has 3 aromatic rings. The molecule has 0 spiro atoms. The van der Waals surface area contributed by atoms with Crippen LogP contribution in [0.3, 0.4) is 0 Å². The lowest BCUT2D eigenvalue weighted by molar-refractivity contribution is -0.122. The summed E-state index contributed by atoms with van der Waals surface area (Å²) in [7, 11) is 0. The van der Waals surface area contributed by atoms with Crippen LogP contribution in [0.2, 0.25) is 0 Å². The summed E-state index contributed by atoms with van der Waals surface area (Å²) in [6, 6.07) is 20.9. The molecular weight excluding hydrogens is 388 g/mol. The Morgan fingerprint density at radius 2 is 1.55 bits per heavy atom. The second-order valence-corrected chi connectivity index (χ2v) is 7.98. The maximum atomic E-state index is 13.1. The van der Waals surface area contributed by atoms with E-state index in [1.165, 1.54) is 0 Å². The summed E-state index contributed by atoms with van der Waals surface area (Å²) in [5, 5.41) is 4.92. The molecule has 5 nitrogen and oxygen atoms in total. The van der Waals surface area contributed by atoms with Crippen LogP contribution >= 0.6 is 0 Å². The molecule has 160 valence electrons. The highest BCUT2D eigenvalue weighted by atomic mass is 16.5. The van der Waals surface area contributed by atoms with Crippen LogP contribution in [0.1, 0.15) is 43.0 Å². The van der Waals surface area contributed by atoms with E-state index >= 15 is 0 Å². The zero-order valence-corrected chi connectivity index (χ0v) is 17.8. The lowest BCUT2D eigenvalue weighted by atomic mass is 10.1. The number of benzene rings is 3. The van der Waals surface area contributed by atoms with Gasteiger partial charge in [0.1, 0.15) is 5.75 Å². The number of likely N-dealkylation sites (tertiary alicyclic amines) is 1. The first-order valence-corrected chi connectivity index (χ1v) is 11.0. The number of nitrogens with one attached hydrogen (secondary N) is 1. The van der Waals surface area contributed by atoms with E-state index in [0.717, 1.165) is 49.5 Å². The molecule has 2 amide bonds. The predicted molar refractivity (Wildman–Crippen MR) is 123 cm³/mol. The number of carbonyl (C=O) groups excluding carboxylic acids is 2. The van der Waals surface area contributed by atoms with Gasteiger partial charge >= 0.3 is 0 Å². The number of anilines is 1. The Kier molecular flexibility index (Phi) is 6.51. The molecule has 0 saturated carbocycles. The van der Waals surface area contributed by atoms with E-state index in [-0.39, 0.29) is 11.8 Å². The van der Waals surface area contributed by atoms with Crippen LogP contribution in [0.15, 0.2) is 66.7 Å². The number of carbonyl (C=O) groups is 2. The predicted octanol–water partition coefficient (Wildman–Crippen LogP) is 5.26. The molecule has 0 radical (unpaired) electrons. The van der Waals surface area contributed by atoms with Crippen LogP contribution < -0.4 is 10.1 Å². The van der Waals surface area contributed by atoms with Gasteiger partial charge in [0.2, 0.25) is 0 Å². The summed E-state index contributed by atoms with van der Waals surface area (Å²) in [6.45, 7) is 3.25. The third-order valence-corrected chi connectivity index (χ3v) is 5.73. The quantitative estimate of drug-likeness (QED) is 0.617. The van der Waals surface area contributed by atoms with E-state index in [1.54, 1.807) is 19.1 Å². The Bertz CT molecular complexity index is 1070. The van der Waals surface area contributed by atoms with Gasteiger partial charge in [-0.05, 0) is 43.4 Å². The molecule has 31 heavy (non-hydrogen) atoms. The molecule has 3 aromatic carbocycles. The van der Waals surface area contributed by atoms with Crippen molar-refractivity contribution in [1.29, 1.82) is 0 Å². The van der Waals surface area contributed by atoms with Crippen LogP contribution in [0.4, 0.5) is 5.69 Å². The van der Waals surface area contributed by atoms with Gasteiger partial charge in [0.15, 0.2) is 6.10 Å². The molecule has 1 aliphatic rings. The maximum Gasteiger partial charge on any atom is 0.265 e. The average molecular weight is 417 g/mol. The van der Waals surface area contributed by atoms with Crippen LogP contribution in [0, 0.1) is 0 Å². The van der Waals surface area contributed by atoms with E-state index in [0.29, 0.717) is 17.0 Å². The Morgan fingerprint density at radius 3 is 2.35 bits per heavy atom. The second kappa shape index (κ2) is 9.65. The first-order chi connectivity index (χ1) is 15.1. The summed E-state index contributed by atoms with van der Waals surface area (Å²) in [5.74, 6) is 0.346. The van der Waals surface area contributed by atoms with E-state index in [9.17, 15) is 9.59 Å². The first-order valence-electron chi connectivity index (χ1n) is 11.0. The summed E-state index contributed by atoms with van der Waals surface area (Å²) in [6.07, 6.45) is 3.65. The van der Waals surface area contributed by atoms with Crippen molar-refractivity contribution < 1.29 is 14.3 Å². The van der Waals surface area contributed by atoms with Gasteiger partial charge in [0.25, 0.3) is 11.8 Å². The molecule has 0 bridgehead atoms. The van der Waals surface area contributed by atoms with Crippen molar-refractivity contribution in [3.8, 4) is 5.75 Å². The van der Waals surface area contributed by atoms with Crippen molar-refractivity contribution in [2.75, 3.05) is 18.4 Å². The largest absolute Gasteiger partial charge is 0.480 e. The number of hydrogen-bond acceptors (Lipinski definition) is 3. The normalized spacial score (nSPS) is 15.2. The number of amides is 2. The molecule has 1 N–H and O–H groups in total. The van der Waals surface area contributed by atoms with E-state index < -0.39 is 6.10 Å². The minimum Gasteiger partial charge on any atom is -0.480 e. The molecule has 1 saturated heterocycles. The highest BCUT2D eigenvalue weighted by Crippen LogP contribution is 2.26. The molecule has 1 atom stereocenters. The van der Waals surface area contributed by atoms with Crippen LogP contribution in [-0.4, -0.2) is 35.9 Å². The molecule has 0 aromatic heterocycles. The highest BCUT2D eigenvalue weighted by Gasteiger charge is 2.22. The van der Waals surface area contributed by atoms with E-state index in [2.05, 4.69) is 5.32 Å². The van der Waals surface area contributed by atoms with Gasteiger partial charge in [-0.25, -0.2) is 0 Å². The SMILES string of the molecule is C[C@H](Oc1cccc2ccccc12)C(=O)Nc1ccccc1C(=O)N1CCCCCC1. The van der Waals surface area contributed by atoms with Crippen molar-refractivity contribution in [2.45, 2.75) is 38.7 Å². The molecule has 0 aliphatic carbocycles. The highest BCUT2D eigenvalue weighted by molar-refractivity contribution is 6.04. The Hall–Kier alpha value is -3.34. The lowest BCUT2D eigenvalue weighted by Gasteiger charge is -2.22. The number of ether oxygens (including phenoxy) is 1. The Labute approximate surface area is 183 Å². The van der Waals surface area contributed by atoms with Crippen molar-refractivity contribution in [3.05, 3.63) is 72.3 Å². The lowest BCUT2D eigenvalue weighted by Crippen LogP contribution is -2.34. The molecule has 0 unspecified atom stereocenters. The standard InChI is InChI=1S/C26H28N2O3/c1-19(31-24-16-10-12-20-11-4-5-13-21(20)24)25(29)27-23-15-7-6-14-22(23)26(30)28-17-8-2-3-9-18-28/h4-7,10-16,19H,2-3,8-9,17-18H2,1H3,(H,27,29)/t19-/m0/s1. The van der Waals surface area contributed by atoms with Crippen LogP contribution in [0.5, 0.6) is 5.75 Å². The number of rotatable bonds is 5. The zero-order chi connectivity index (χ0) is 21.6. The minimum atomic E-state index is -0.716. The van der Waals surface area contributed by atoms with Crippen molar-refractivity contribution in [1.82, 2.24) is 4.90 Å². The van der Waals surface area contributed by atoms with Crippen LogP contribution in [-0.2, 0) is 4.79 Å². The fraction of sp³-hybridized carbons (Fsp3) is 0.308. The van der Waals surface area contributed by atoms with Gasteiger partial charge in [-0.3, -0.25) is 9.59 Å². The topological polar surface area (TPSA) is 58.6 Å². The average Bonchev–Trinajstić information content (AvgIpc) is 3.09. The first kappa shape index (κ1) is 20.9. The molecule has 1 heterocycles. The number of para-hydroxylation sites is 1. The number of hydrogen-bond donors (Lipinski definition) is 1. The fourth-order valence-corrected chi connectivity index (χ4v) is 4.00. The smallest absolute Gasteiger partial charge is 0.265 e.